The third kappa shape index (κ3) is 4.81. The highest BCUT2D eigenvalue weighted by Crippen LogP contribution is 2.18. The molecule has 100 valence electrons. The first-order valence-corrected chi connectivity index (χ1v) is 7.55. The van der Waals surface area contributed by atoms with E-state index in [4.69, 9.17) is 0 Å². The lowest BCUT2D eigenvalue weighted by Crippen LogP contribution is -2.17. The molecule has 0 amide bonds. The third-order valence-electron chi connectivity index (χ3n) is 3.88. The number of hydrogen-bond donors (Lipinski definition) is 1. The topological polar surface area (TPSA) is 12.0 Å². The molecule has 0 atom stereocenters. The SMILES string of the molecule is Cc1ccc(CCCCCCNC2CC2)c(C)c1. The van der Waals surface area contributed by atoms with Crippen LogP contribution in [0.1, 0.15) is 55.2 Å². The quantitative estimate of drug-likeness (QED) is 0.678. The fourth-order valence-corrected chi connectivity index (χ4v) is 2.51. The highest BCUT2D eigenvalue weighted by Gasteiger charge is 2.19. The van der Waals surface area contributed by atoms with Crippen LogP contribution in [0.2, 0.25) is 0 Å². The van der Waals surface area contributed by atoms with E-state index in [1.807, 2.05) is 0 Å². The molecule has 2 rings (SSSR count). The third-order valence-corrected chi connectivity index (χ3v) is 3.88. The standard InChI is InChI=1S/C17H27N/c1-14-8-9-16(15(2)13-14)7-5-3-4-6-12-18-17-10-11-17/h8-9,13,17-18H,3-7,10-12H2,1-2H3. The largest absolute Gasteiger partial charge is 0.314 e. The first-order valence-electron chi connectivity index (χ1n) is 7.55. The Hall–Kier alpha value is -0.820. The van der Waals surface area contributed by atoms with E-state index in [0.717, 1.165) is 6.04 Å². The Morgan fingerprint density at radius 3 is 2.56 bits per heavy atom. The maximum atomic E-state index is 3.58. The second kappa shape index (κ2) is 6.94. The van der Waals surface area contributed by atoms with E-state index in [1.54, 1.807) is 0 Å². The molecule has 1 nitrogen and oxygen atoms in total. The van der Waals surface area contributed by atoms with Gasteiger partial charge in [0, 0.05) is 6.04 Å². The Balaban J connectivity index is 1.53. The monoisotopic (exact) mass is 245 g/mol. The van der Waals surface area contributed by atoms with Crippen molar-refractivity contribution in [2.75, 3.05) is 6.54 Å². The molecule has 0 radical (unpaired) electrons. The zero-order valence-electron chi connectivity index (χ0n) is 12.0. The number of unbranched alkanes of at least 4 members (excludes halogenated alkanes) is 3. The molecule has 0 bridgehead atoms. The van der Waals surface area contributed by atoms with Crippen LogP contribution in [0, 0.1) is 13.8 Å². The van der Waals surface area contributed by atoms with Gasteiger partial charge in [0.05, 0.1) is 0 Å². The molecule has 1 N–H and O–H groups in total. The van der Waals surface area contributed by atoms with Gasteiger partial charge in [-0.25, -0.2) is 0 Å². The van der Waals surface area contributed by atoms with E-state index >= 15 is 0 Å². The molecule has 0 aromatic heterocycles. The Labute approximate surface area is 112 Å². The van der Waals surface area contributed by atoms with Crippen LogP contribution in [0.15, 0.2) is 18.2 Å². The molecule has 1 aromatic rings. The van der Waals surface area contributed by atoms with Crippen molar-refractivity contribution < 1.29 is 0 Å². The summed E-state index contributed by atoms with van der Waals surface area (Å²) in [6.45, 7) is 5.64. The summed E-state index contributed by atoms with van der Waals surface area (Å²) in [5.41, 5.74) is 4.38. The Morgan fingerprint density at radius 1 is 1.06 bits per heavy atom. The van der Waals surface area contributed by atoms with E-state index < -0.39 is 0 Å². The van der Waals surface area contributed by atoms with Crippen LogP contribution in [0.4, 0.5) is 0 Å². The number of benzene rings is 1. The molecule has 1 heteroatoms. The molecule has 1 aliphatic carbocycles. The number of rotatable bonds is 8. The minimum absolute atomic E-state index is 0.875. The summed E-state index contributed by atoms with van der Waals surface area (Å²) in [7, 11) is 0. The summed E-state index contributed by atoms with van der Waals surface area (Å²) >= 11 is 0. The second-order valence-electron chi connectivity index (χ2n) is 5.82. The van der Waals surface area contributed by atoms with Gasteiger partial charge in [-0.1, -0.05) is 36.6 Å². The average molecular weight is 245 g/mol. The Morgan fingerprint density at radius 2 is 1.83 bits per heavy atom. The van der Waals surface area contributed by atoms with Crippen LogP contribution >= 0.6 is 0 Å². The highest BCUT2D eigenvalue weighted by molar-refractivity contribution is 5.30. The van der Waals surface area contributed by atoms with Gasteiger partial charge in [0.2, 0.25) is 0 Å². The minimum Gasteiger partial charge on any atom is -0.314 e. The number of hydrogen-bond acceptors (Lipinski definition) is 1. The summed E-state index contributed by atoms with van der Waals surface area (Å²) < 4.78 is 0. The molecule has 0 aliphatic heterocycles. The maximum Gasteiger partial charge on any atom is 0.00682 e. The van der Waals surface area contributed by atoms with Gasteiger partial charge in [-0.15, -0.1) is 0 Å². The van der Waals surface area contributed by atoms with Gasteiger partial charge < -0.3 is 5.32 Å². The van der Waals surface area contributed by atoms with E-state index in [9.17, 15) is 0 Å². The molecule has 0 spiro atoms. The molecule has 1 saturated carbocycles. The second-order valence-corrected chi connectivity index (χ2v) is 5.82. The smallest absolute Gasteiger partial charge is 0.00682 e. The zero-order valence-corrected chi connectivity index (χ0v) is 12.0. The van der Waals surface area contributed by atoms with Crippen molar-refractivity contribution in [3.63, 3.8) is 0 Å². The summed E-state index contributed by atoms with van der Waals surface area (Å²) in [5.74, 6) is 0. The zero-order chi connectivity index (χ0) is 12.8. The highest BCUT2D eigenvalue weighted by atomic mass is 14.9. The van der Waals surface area contributed by atoms with Crippen LogP contribution < -0.4 is 5.32 Å². The van der Waals surface area contributed by atoms with E-state index in [1.165, 1.54) is 68.2 Å². The van der Waals surface area contributed by atoms with Crippen molar-refractivity contribution in [3.05, 3.63) is 34.9 Å². The van der Waals surface area contributed by atoms with Gasteiger partial charge in [0.15, 0.2) is 0 Å². The van der Waals surface area contributed by atoms with E-state index in [-0.39, 0.29) is 0 Å². The molecule has 0 saturated heterocycles. The molecule has 1 fully saturated rings. The van der Waals surface area contributed by atoms with Gasteiger partial charge in [-0.05, 0) is 63.6 Å². The molecule has 0 heterocycles. The minimum atomic E-state index is 0.875. The van der Waals surface area contributed by atoms with Crippen LogP contribution in [0.25, 0.3) is 0 Å². The van der Waals surface area contributed by atoms with Crippen molar-refractivity contribution in [1.82, 2.24) is 5.32 Å². The summed E-state index contributed by atoms with van der Waals surface area (Å²) in [6, 6.07) is 7.72. The normalized spacial score (nSPS) is 15.0. The summed E-state index contributed by atoms with van der Waals surface area (Å²) in [5, 5.41) is 3.58. The Bertz CT molecular complexity index is 366. The Kier molecular flexibility index (Phi) is 5.25. The molecule has 1 aromatic carbocycles. The van der Waals surface area contributed by atoms with Crippen molar-refractivity contribution in [1.29, 1.82) is 0 Å². The summed E-state index contributed by atoms with van der Waals surface area (Å²) in [4.78, 5) is 0. The summed E-state index contributed by atoms with van der Waals surface area (Å²) in [6.07, 6.45) is 9.52. The number of nitrogens with one attached hydrogen (secondary N) is 1. The van der Waals surface area contributed by atoms with Crippen LogP contribution in [-0.4, -0.2) is 12.6 Å². The van der Waals surface area contributed by atoms with Gasteiger partial charge in [-0.2, -0.15) is 0 Å². The van der Waals surface area contributed by atoms with E-state index in [2.05, 4.69) is 37.4 Å². The van der Waals surface area contributed by atoms with Crippen molar-refractivity contribution in [2.45, 2.75) is 64.8 Å². The first kappa shape index (κ1) is 13.6. The van der Waals surface area contributed by atoms with E-state index in [0.29, 0.717) is 0 Å². The van der Waals surface area contributed by atoms with Crippen LogP contribution in [0.5, 0.6) is 0 Å². The van der Waals surface area contributed by atoms with Crippen molar-refractivity contribution >= 4 is 0 Å². The van der Waals surface area contributed by atoms with Crippen LogP contribution in [0.3, 0.4) is 0 Å². The van der Waals surface area contributed by atoms with Crippen molar-refractivity contribution in [3.8, 4) is 0 Å². The fraction of sp³-hybridized carbons (Fsp3) is 0.647. The van der Waals surface area contributed by atoms with Crippen molar-refractivity contribution in [2.24, 2.45) is 0 Å². The fourth-order valence-electron chi connectivity index (χ4n) is 2.51. The molecule has 1 aliphatic rings. The lowest BCUT2D eigenvalue weighted by atomic mass is 10.00. The predicted octanol–water partition coefficient (Wildman–Crippen LogP) is 4.16. The van der Waals surface area contributed by atoms with Crippen LogP contribution in [-0.2, 0) is 6.42 Å². The average Bonchev–Trinajstić information content (AvgIpc) is 3.14. The van der Waals surface area contributed by atoms with Gasteiger partial charge in [-0.3, -0.25) is 0 Å². The van der Waals surface area contributed by atoms with Gasteiger partial charge >= 0.3 is 0 Å². The molecule has 0 unspecified atom stereocenters. The number of aryl methyl sites for hydroxylation is 3. The van der Waals surface area contributed by atoms with Gasteiger partial charge in [0.1, 0.15) is 0 Å². The maximum absolute atomic E-state index is 3.58. The lowest BCUT2D eigenvalue weighted by Gasteiger charge is -2.07. The lowest BCUT2D eigenvalue weighted by molar-refractivity contribution is 0.585. The first-order chi connectivity index (χ1) is 8.75. The van der Waals surface area contributed by atoms with Gasteiger partial charge in [0.25, 0.3) is 0 Å². The molecular weight excluding hydrogens is 218 g/mol. The molecular formula is C17H27N. The predicted molar refractivity (Wildman–Crippen MR) is 79.1 cm³/mol. The molecule has 18 heavy (non-hydrogen) atoms.